The van der Waals surface area contributed by atoms with Gasteiger partial charge >= 0.3 is 0 Å². The van der Waals surface area contributed by atoms with E-state index in [1.807, 2.05) is 6.92 Å². The van der Waals surface area contributed by atoms with E-state index in [4.69, 9.17) is 0 Å². The van der Waals surface area contributed by atoms with E-state index in [0.29, 0.717) is 0 Å². The molecule has 0 amide bonds. The second kappa shape index (κ2) is 5.58. The normalized spacial score (nSPS) is 10.6. The molecule has 0 saturated heterocycles. The zero-order valence-corrected chi connectivity index (χ0v) is 9.80. The summed E-state index contributed by atoms with van der Waals surface area (Å²) in [5, 5.41) is 3.35. The maximum Gasteiger partial charge on any atom is 0.0576 e. The molecule has 1 rings (SSSR count). The first-order valence-electron chi connectivity index (χ1n) is 5.32. The molecular weight excluding hydrogens is 182 g/mol. The van der Waals surface area contributed by atoms with Gasteiger partial charge in [0.15, 0.2) is 0 Å². The monoisotopic (exact) mass is 201 g/mol. The summed E-state index contributed by atoms with van der Waals surface area (Å²) in [4.78, 5) is 0. The number of hydrogen-bond donors (Lipinski definition) is 1. The third-order valence-corrected chi connectivity index (χ3v) is 2.51. The van der Waals surface area contributed by atoms with Gasteiger partial charge in [-0.1, -0.05) is 50.1 Å². The molecule has 1 heteroatoms. The molecule has 0 bridgehead atoms. The van der Waals surface area contributed by atoms with Crippen LogP contribution in [0.4, 0.5) is 0 Å². The molecule has 0 aliphatic carbocycles. The highest BCUT2D eigenvalue weighted by molar-refractivity contribution is 5.23. The Bertz CT molecular complexity index is 341. The SMILES string of the molecule is CC#CCNCC(C)(C)c1ccccc1. The molecule has 0 unspecified atom stereocenters. The minimum atomic E-state index is 0.163. The van der Waals surface area contributed by atoms with E-state index in [1.54, 1.807) is 0 Å². The van der Waals surface area contributed by atoms with E-state index >= 15 is 0 Å². The molecule has 0 atom stereocenters. The van der Waals surface area contributed by atoms with Crippen LogP contribution in [0.25, 0.3) is 0 Å². The molecule has 15 heavy (non-hydrogen) atoms. The van der Waals surface area contributed by atoms with Crippen molar-refractivity contribution in [3.8, 4) is 11.8 Å². The van der Waals surface area contributed by atoms with Crippen LogP contribution < -0.4 is 5.32 Å². The van der Waals surface area contributed by atoms with Gasteiger partial charge in [-0.25, -0.2) is 0 Å². The molecule has 0 aliphatic rings. The molecule has 1 aromatic carbocycles. The van der Waals surface area contributed by atoms with Crippen LogP contribution in [0.5, 0.6) is 0 Å². The van der Waals surface area contributed by atoms with Crippen LogP contribution >= 0.6 is 0 Å². The summed E-state index contributed by atoms with van der Waals surface area (Å²) in [7, 11) is 0. The average Bonchev–Trinajstić information content (AvgIpc) is 2.26. The van der Waals surface area contributed by atoms with Crippen molar-refractivity contribution in [3.63, 3.8) is 0 Å². The Hall–Kier alpha value is -1.26. The molecule has 0 fully saturated rings. The lowest BCUT2D eigenvalue weighted by atomic mass is 9.85. The Labute approximate surface area is 92.9 Å². The molecule has 0 saturated carbocycles. The van der Waals surface area contributed by atoms with Crippen LogP contribution in [0.3, 0.4) is 0 Å². The number of hydrogen-bond acceptors (Lipinski definition) is 1. The Morgan fingerprint density at radius 2 is 1.87 bits per heavy atom. The quantitative estimate of drug-likeness (QED) is 0.583. The van der Waals surface area contributed by atoms with Crippen LogP contribution in [0, 0.1) is 11.8 Å². The predicted octanol–water partition coefficient (Wildman–Crippen LogP) is 2.58. The van der Waals surface area contributed by atoms with Crippen molar-refractivity contribution >= 4 is 0 Å². The predicted molar refractivity (Wildman–Crippen MR) is 65.8 cm³/mol. The van der Waals surface area contributed by atoms with Gasteiger partial charge in [-0.2, -0.15) is 0 Å². The molecule has 0 spiro atoms. The third-order valence-electron chi connectivity index (χ3n) is 2.51. The third kappa shape index (κ3) is 3.77. The van der Waals surface area contributed by atoms with Crippen LogP contribution in [-0.4, -0.2) is 13.1 Å². The summed E-state index contributed by atoms with van der Waals surface area (Å²) in [5.74, 6) is 5.89. The van der Waals surface area contributed by atoms with Crippen LogP contribution in [-0.2, 0) is 5.41 Å². The fraction of sp³-hybridized carbons (Fsp3) is 0.429. The summed E-state index contributed by atoms with van der Waals surface area (Å²) in [5.41, 5.74) is 1.53. The summed E-state index contributed by atoms with van der Waals surface area (Å²) >= 11 is 0. The zero-order valence-electron chi connectivity index (χ0n) is 9.80. The van der Waals surface area contributed by atoms with Crippen LogP contribution in [0.1, 0.15) is 26.3 Å². The highest BCUT2D eigenvalue weighted by Crippen LogP contribution is 2.21. The van der Waals surface area contributed by atoms with Crippen molar-refractivity contribution in [1.29, 1.82) is 0 Å². The minimum absolute atomic E-state index is 0.163. The Morgan fingerprint density at radius 3 is 2.47 bits per heavy atom. The highest BCUT2D eigenvalue weighted by atomic mass is 14.9. The smallest absolute Gasteiger partial charge is 0.0576 e. The first-order valence-corrected chi connectivity index (χ1v) is 5.32. The molecule has 0 radical (unpaired) electrons. The Kier molecular flexibility index (Phi) is 4.39. The maximum absolute atomic E-state index is 3.35. The summed E-state index contributed by atoms with van der Waals surface area (Å²) in [6.45, 7) is 8.08. The molecule has 0 heterocycles. The van der Waals surface area contributed by atoms with Gasteiger partial charge in [0, 0.05) is 12.0 Å². The minimum Gasteiger partial charge on any atom is -0.305 e. The molecule has 0 aliphatic heterocycles. The molecule has 1 aromatic rings. The topological polar surface area (TPSA) is 12.0 Å². The number of benzene rings is 1. The Morgan fingerprint density at radius 1 is 1.20 bits per heavy atom. The van der Waals surface area contributed by atoms with Gasteiger partial charge in [-0.15, -0.1) is 5.92 Å². The molecule has 1 nitrogen and oxygen atoms in total. The average molecular weight is 201 g/mol. The molecule has 80 valence electrons. The van der Waals surface area contributed by atoms with E-state index in [-0.39, 0.29) is 5.41 Å². The first-order chi connectivity index (χ1) is 7.17. The van der Waals surface area contributed by atoms with E-state index in [9.17, 15) is 0 Å². The second-order valence-corrected chi connectivity index (χ2v) is 4.28. The van der Waals surface area contributed by atoms with Crippen molar-refractivity contribution in [1.82, 2.24) is 5.32 Å². The van der Waals surface area contributed by atoms with Gasteiger partial charge in [0.25, 0.3) is 0 Å². The number of rotatable bonds is 4. The molecule has 0 aromatic heterocycles. The molecule has 1 N–H and O–H groups in total. The van der Waals surface area contributed by atoms with Gasteiger partial charge in [-0.3, -0.25) is 0 Å². The van der Waals surface area contributed by atoms with E-state index in [0.717, 1.165) is 13.1 Å². The van der Waals surface area contributed by atoms with Crippen molar-refractivity contribution in [2.24, 2.45) is 0 Å². The first kappa shape index (κ1) is 11.8. The summed E-state index contributed by atoms with van der Waals surface area (Å²) in [6.07, 6.45) is 0. The highest BCUT2D eigenvalue weighted by Gasteiger charge is 2.18. The van der Waals surface area contributed by atoms with E-state index in [2.05, 4.69) is 61.3 Å². The van der Waals surface area contributed by atoms with Gasteiger partial charge in [0.1, 0.15) is 0 Å². The largest absolute Gasteiger partial charge is 0.305 e. The van der Waals surface area contributed by atoms with Crippen molar-refractivity contribution in [2.75, 3.05) is 13.1 Å². The zero-order chi connectivity index (χ0) is 11.1. The number of nitrogens with one attached hydrogen (secondary N) is 1. The van der Waals surface area contributed by atoms with Crippen LogP contribution in [0.2, 0.25) is 0 Å². The van der Waals surface area contributed by atoms with Crippen molar-refractivity contribution in [2.45, 2.75) is 26.2 Å². The van der Waals surface area contributed by atoms with Crippen molar-refractivity contribution < 1.29 is 0 Å². The van der Waals surface area contributed by atoms with Gasteiger partial charge < -0.3 is 5.32 Å². The van der Waals surface area contributed by atoms with Gasteiger partial charge in [0.05, 0.1) is 6.54 Å². The Balaban J connectivity index is 2.54. The summed E-state index contributed by atoms with van der Waals surface area (Å²) < 4.78 is 0. The second-order valence-electron chi connectivity index (χ2n) is 4.28. The lowest BCUT2D eigenvalue weighted by Gasteiger charge is -2.25. The lowest BCUT2D eigenvalue weighted by molar-refractivity contribution is 0.485. The summed E-state index contributed by atoms with van der Waals surface area (Å²) in [6, 6.07) is 10.6. The van der Waals surface area contributed by atoms with Gasteiger partial charge in [-0.05, 0) is 12.5 Å². The molecular formula is C14H19N. The fourth-order valence-electron chi connectivity index (χ4n) is 1.52. The standard InChI is InChI=1S/C14H19N/c1-4-5-11-15-12-14(2,3)13-9-7-6-8-10-13/h6-10,15H,11-12H2,1-3H3. The van der Waals surface area contributed by atoms with E-state index < -0.39 is 0 Å². The van der Waals surface area contributed by atoms with Crippen LogP contribution in [0.15, 0.2) is 30.3 Å². The van der Waals surface area contributed by atoms with Gasteiger partial charge in [0.2, 0.25) is 0 Å². The lowest BCUT2D eigenvalue weighted by Crippen LogP contribution is -2.33. The fourth-order valence-corrected chi connectivity index (χ4v) is 1.52. The van der Waals surface area contributed by atoms with E-state index in [1.165, 1.54) is 5.56 Å². The maximum atomic E-state index is 3.35. The van der Waals surface area contributed by atoms with Crippen molar-refractivity contribution in [3.05, 3.63) is 35.9 Å².